The number of alkyl halides is 3. The summed E-state index contributed by atoms with van der Waals surface area (Å²) in [5.74, 6) is -7.04. The highest BCUT2D eigenvalue weighted by Gasteiger charge is 2.72. The second kappa shape index (κ2) is 13.3. The van der Waals surface area contributed by atoms with Crippen LogP contribution >= 0.6 is 0 Å². The molecule has 0 amide bonds. The number of carboxylic acids is 2. The molecule has 2 bridgehead atoms. The lowest BCUT2D eigenvalue weighted by Gasteiger charge is -2.61. The molecule has 0 unspecified atom stereocenters. The van der Waals surface area contributed by atoms with Crippen molar-refractivity contribution < 1.29 is 76.5 Å². The van der Waals surface area contributed by atoms with Gasteiger partial charge in [0, 0.05) is 30.5 Å². The number of carboxylic acid groups (broad SMARTS) is 2. The Morgan fingerprint density at radius 2 is 1.72 bits per heavy atom. The molecule has 0 radical (unpaired) electrons. The smallest absolute Gasteiger partial charge is 0.490 e. The average molecular weight is 708 g/mol. The highest BCUT2D eigenvalue weighted by Crippen LogP contribution is 2.65. The molecule has 17 heteroatoms. The predicted molar refractivity (Wildman–Crippen MR) is 159 cm³/mol. The summed E-state index contributed by atoms with van der Waals surface area (Å²) in [7, 11) is 1.95. The molecule has 2 aromatic carbocycles. The van der Waals surface area contributed by atoms with Crippen LogP contribution in [0.2, 0.25) is 0 Å². The normalized spacial score (nSPS) is 25.6. The molecular weight excluding hydrogens is 675 g/mol. The number of nitrogens with zero attached hydrogens (tertiary/aromatic N) is 1. The number of carbonyl (C=O) groups excluding carboxylic acids is 3. The lowest BCUT2D eigenvalue weighted by molar-refractivity contribution is -0.192. The van der Waals surface area contributed by atoms with Crippen LogP contribution in [0.1, 0.15) is 49.0 Å². The van der Waals surface area contributed by atoms with Gasteiger partial charge in [-0.15, -0.1) is 0 Å². The Bertz CT molecular complexity index is 1750. The van der Waals surface area contributed by atoms with Gasteiger partial charge in [0.25, 0.3) is 0 Å². The molecule has 6 rings (SSSR count). The third-order valence-corrected chi connectivity index (χ3v) is 9.31. The van der Waals surface area contributed by atoms with Gasteiger partial charge >= 0.3 is 36.0 Å². The van der Waals surface area contributed by atoms with E-state index >= 15 is 0 Å². The first-order valence-electron chi connectivity index (χ1n) is 15.2. The number of carbonyl (C=O) groups is 5. The highest BCUT2D eigenvalue weighted by atomic mass is 19.4. The molecule has 4 N–H and O–H groups in total. The van der Waals surface area contributed by atoms with Gasteiger partial charge in [0.1, 0.15) is 5.76 Å². The Balaban J connectivity index is 0.000000630. The van der Waals surface area contributed by atoms with Crippen molar-refractivity contribution in [3.63, 3.8) is 0 Å². The Morgan fingerprint density at radius 3 is 2.32 bits per heavy atom. The van der Waals surface area contributed by atoms with E-state index in [2.05, 4.69) is 4.90 Å². The molecule has 4 aliphatic rings. The number of phenolic OH excluding ortho intramolecular Hbond substituents is 1. The molecule has 2 heterocycles. The van der Waals surface area contributed by atoms with E-state index in [0.29, 0.717) is 24.9 Å². The fraction of sp³-hybridized carbons (Fsp3) is 0.424. The number of ether oxygens (including phenoxy) is 4. The van der Waals surface area contributed by atoms with E-state index in [4.69, 9.17) is 28.8 Å². The van der Waals surface area contributed by atoms with Crippen LogP contribution < -0.4 is 4.74 Å². The number of rotatable bonds is 8. The number of likely N-dealkylation sites (N-methyl/N-ethyl adjacent to an activating group) is 1. The first kappa shape index (κ1) is 36.1. The van der Waals surface area contributed by atoms with Crippen LogP contribution in [0.15, 0.2) is 54.3 Å². The molecule has 0 aromatic heterocycles. The van der Waals surface area contributed by atoms with Gasteiger partial charge in [-0.2, -0.15) is 13.2 Å². The minimum atomic E-state index is -5.08. The van der Waals surface area contributed by atoms with E-state index in [9.17, 15) is 47.7 Å². The monoisotopic (exact) mass is 707 g/mol. The molecular formula is C33H32F3NO13. The zero-order chi connectivity index (χ0) is 36.8. The maximum Gasteiger partial charge on any atom is 0.490 e. The number of aromatic hydroxyl groups is 1. The van der Waals surface area contributed by atoms with Crippen molar-refractivity contribution in [3.05, 3.63) is 71.0 Å². The summed E-state index contributed by atoms with van der Waals surface area (Å²) >= 11 is 0. The molecule has 6 atom stereocenters. The number of piperidine rings is 1. The Labute approximate surface area is 281 Å². The number of hydrogen-bond acceptors (Lipinski definition) is 12. The minimum Gasteiger partial charge on any atom is -0.504 e. The van der Waals surface area contributed by atoms with Crippen LogP contribution in [-0.4, -0.2) is 98.8 Å². The van der Waals surface area contributed by atoms with E-state index in [1.54, 1.807) is 30.3 Å². The molecule has 268 valence electrons. The number of aliphatic carboxylic acids is 2. The average Bonchev–Trinajstić information content (AvgIpc) is 3.40. The highest BCUT2D eigenvalue weighted by molar-refractivity contribution is 5.87. The number of aliphatic hydroxyl groups is 1. The molecule has 50 heavy (non-hydrogen) atoms. The van der Waals surface area contributed by atoms with Gasteiger partial charge in [0.2, 0.25) is 12.2 Å². The van der Waals surface area contributed by atoms with Crippen LogP contribution in [0.4, 0.5) is 13.2 Å². The molecule has 2 aliphatic heterocycles. The number of likely N-dealkylation sites (tertiary alicyclic amines) is 1. The Morgan fingerprint density at radius 1 is 1.06 bits per heavy atom. The molecule has 2 aromatic rings. The largest absolute Gasteiger partial charge is 0.504 e. The summed E-state index contributed by atoms with van der Waals surface area (Å²) < 4.78 is 53.9. The molecule has 1 fully saturated rings. The van der Waals surface area contributed by atoms with Crippen molar-refractivity contribution in [2.24, 2.45) is 0 Å². The van der Waals surface area contributed by atoms with Gasteiger partial charge < -0.3 is 44.3 Å². The van der Waals surface area contributed by atoms with Crippen LogP contribution in [0.25, 0.3) is 0 Å². The molecule has 14 nitrogen and oxygen atoms in total. The van der Waals surface area contributed by atoms with Crippen molar-refractivity contribution in [1.29, 1.82) is 0 Å². The Kier molecular flexibility index (Phi) is 9.60. The minimum absolute atomic E-state index is 0.0861. The number of phenols is 1. The first-order chi connectivity index (χ1) is 23.4. The first-order valence-corrected chi connectivity index (χ1v) is 15.2. The second-order valence-electron chi connectivity index (χ2n) is 12.2. The lowest BCUT2D eigenvalue weighted by Crippen LogP contribution is -2.74. The summed E-state index contributed by atoms with van der Waals surface area (Å²) in [6, 6.07) is 10.9. The van der Waals surface area contributed by atoms with E-state index < -0.39 is 71.8 Å². The number of esters is 3. The Hall–Kier alpha value is -5.16. The maximum absolute atomic E-state index is 13.2. The summed E-state index contributed by atoms with van der Waals surface area (Å²) in [4.78, 5) is 60.9. The fourth-order valence-corrected chi connectivity index (χ4v) is 7.22. The van der Waals surface area contributed by atoms with Crippen molar-refractivity contribution in [2.45, 2.75) is 74.2 Å². The molecule has 1 spiro atoms. The SMILES string of the molecule is CC(=O)O[C@@H](CC(=O)OC1=CC[C@@]2(O)[C@H]3Cc4ccc(O)c5c4[C@@]2(CCN3C)[C@H]1O5)C(=O)O[C@H](C(=O)O)c1ccccc1.O=C(O)C(F)(F)F. The van der Waals surface area contributed by atoms with Gasteiger partial charge in [-0.25, -0.2) is 14.4 Å². The van der Waals surface area contributed by atoms with Crippen molar-refractivity contribution >= 4 is 29.8 Å². The van der Waals surface area contributed by atoms with Gasteiger partial charge in [0.05, 0.1) is 17.4 Å². The van der Waals surface area contributed by atoms with Crippen molar-refractivity contribution in [3.8, 4) is 11.5 Å². The topological polar surface area (TPSA) is 206 Å². The third kappa shape index (κ3) is 6.33. The third-order valence-electron chi connectivity index (χ3n) is 9.31. The van der Waals surface area contributed by atoms with Crippen LogP contribution in [0.3, 0.4) is 0 Å². The maximum atomic E-state index is 13.2. The van der Waals surface area contributed by atoms with Gasteiger partial charge in [0.15, 0.2) is 17.6 Å². The van der Waals surface area contributed by atoms with E-state index in [1.165, 1.54) is 12.1 Å². The van der Waals surface area contributed by atoms with E-state index in [-0.39, 0.29) is 35.3 Å². The zero-order valence-electron chi connectivity index (χ0n) is 26.5. The fourth-order valence-electron chi connectivity index (χ4n) is 7.22. The number of halogens is 3. The summed E-state index contributed by atoms with van der Waals surface area (Å²) in [6.07, 6.45) is -7.52. The zero-order valence-corrected chi connectivity index (χ0v) is 26.5. The van der Waals surface area contributed by atoms with E-state index in [0.717, 1.165) is 12.5 Å². The summed E-state index contributed by atoms with van der Waals surface area (Å²) in [6.45, 7) is 1.67. The molecule has 0 saturated carbocycles. The van der Waals surface area contributed by atoms with Gasteiger partial charge in [-0.3, -0.25) is 9.59 Å². The quantitative estimate of drug-likeness (QED) is 0.230. The van der Waals surface area contributed by atoms with Crippen molar-refractivity contribution in [2.75, 3.05) is 13.6 Å². The van der Waals surface area contributed by atoms with Crippen molar-refractivity contribution in [1.82, 2.24) is 4.90 Å². The standard InChI is InChI=1S/C31H31NO11.C2HF3O2/c1-16(33)40-21(29(38)43-25(28(36)37)17-6-4-3-5-7-17)15-23(35)41-20-10-11-31(39)22-14-18-8-9-19(34)26-24(18)30(31,27(20)42-26)12-13-32(22)2;3-2(4,5)1(6)7/h3-10,21-22,25,27,34,39H,11-15H2,1-2H3,(H,36,37);(H,6,7)/t21-,22+,25-,27-,30-,31+;/m0./s1. The van der Waals surface area contributed by atoms with Gasteiger partial charge in [-0.1, -0.05) is 36.4 Å². The number of hydrogen-bond donors (Lipinski definition) is 4. The molecule has 2 aliphatic carbocycles. The second-order valence-corrected chi connectivity index (χ2v) is 12.2. The van der Waals surface area contributed by atoms with E-state index in [1.807, 2.05) is 13.1 Å². The van der Waals surface area contributed by atoms with Crippen LogP contribution in [0, 0.1) is 0 Å². The van der Waals surface area contributed by atoms with Crippen LogP contribution in [-0.2, 0) is 50.0 Å². The predicted octanol–water partition coefficient (Wildman–Crippen LogP) is 2.54. The lowest BCUT2D eigenvalue weighted by atomic mass is 9.50. The summed E-state index contributed by atoms with van der Waals surface area (Å²) in [5.41, 5.74) is -0.424. The number of benzene rings is 2. The molecule has 1 saturated heterocycles. The summed E-state index contributed by atoms with van der Waals surface area (Å²) in [5, 5.41) is 39.7. The van der Waals surface area contributed by atoms with Crippen LogP contribution in [0.5, 0.6) is 11.5 Å². The van der Waals surface area contributed by atoms with Gasteiger partial charge in [-0.05, 0) is 44.1 Å².